The van der Waals surface area contributed by atoms with Crippen LogP contribution in [0.1, 0.15) is 57.9 Å². The number of rotatable bonds is 8. The van der Waals surface area contributed by atoms with Gasteiger partial charge in [-0.15, -0.1) is 0 Å². The molecule has 3 nitrogen and oxygen atoms in total. The average molecular weight is 263 g/mol. The molecule has 0 saturated heterocycles. The lowest BCUT2D eigenvalue weighted by Gasteiger charge is -2.21. The molecule has 0 radical (unpaired) electrons. The molecule has 1 aromatic heterocycles. The smallest absolute Gasteiger partial charge is 0.0522 e. The Morgan fingerprint density at radius 1 is 1.37 bits per heavy atom. The van der Waals surface area contributed by atoms with Gasteiger partial charge >= 0.3 is 0 Å². The Bertz CT molecular complexity index is 353. The summed E-state index contributed by atoms with van der Waals surface area (Å²) in [5.41, 5.74) is 1.38. The van der Waals surface area contributed by atoms with Crippen molar-refractivity contribution in [2.24, 2.45) is 5.92 Å². The van der Waals surface area contributed by atoms with E-state index in [2.05, 4.69) is 30.5 Å². The Morgan fingerprint density at radius 3 is 2.79 bits per heavy atom. The molecular formula is C16H29N3. The Hall–Kier alpha value is -0.830. The first-order chi connectivity index (χ1) is 9.31. The molecule has 0 aromatic carbocycles. The summed E-state index contributed by atoms with van der Waals surface area (Å²) in [5.74, 6) is 0.954. The molecule has 108 valence electrons. The summed E-state index contributed by atoms with van der Waals surface area (Å²) < 4.78 is 2.03. The molecule has 1 atom stereocenters. The molecule has 0 aliphatic heterocycles. The minimum absolute atomic E-state index is 0.637. The van der Waals surface area contributed by atoms with Crippen molar-refractivity contribution in [3.05, 3.63) is 18.0 Å². The fourth-order valence-corrected chi connectivity index (χ4v) is 3.20. The highest BCUT2D eigenvalue weighted by molar-refractivity contribution is 5.06. The highest BCUT2D eigenvalue weighted by atomic mass is 15.3. The third kappa shape index (κ3) is 4.64. The molecule has 2 rings (SSSR count). The largest absolute Gasteiger partial charge is 0.314 e. The van der Waals surface area contributed by atoms with Crippen molar-refractivity contribution in [3.63, 3.8) is 0 Å². The topological polar surface area (TPSA) is 29.9 Å². The van der Waals surface area contributed by atoms with Gasteiger partial charge in [-0.25, -0.2) is 0 Å². The van der Waals surface area contributed by atoms with Crippen LogP contribution in [0.4, 0.5) is 0 Å². The van der Waals surface area contributed by atoms with Crippen molar-refractivity contribution in [2.75, 3.05) is 6.54 Å². The summed E-state index contributed by atoms with van der Waals surface area (Å²) in [4.78, 5) is 0. The lowest BCUT2D eigenvalue weighted by atomic mass is 9.95. The zero-order valence-corrected chi connectivity index (χ0v) is 12.6. The van der Waals surface area contributed by atoms with Gasteiger partial charge in [0.15, 0.2) is 0 Å². The van der Waals surface area contributed by atoms with Gasteiger partial charge < -0.3 is 5.32 Å². The average Bonchev–Trinajstić information content (AvgIpc) is 3.07. The maximum atomic E-state index is 4.39. The van der Waals surface area contributed by atoms with E-state index in [1.165, 1.54) is 44.1 Å². The minimum Gasteiger partial charge on any atom is -0.314 e. The molecule has 1 aliphatic carbocycles. The highest BCUT2D eigenvalue weighted by Gasteiger charge is 2.20. The van der Waals surface area contributed by atoms with Gasteiger partial charge in [-0.1, -0.05) is 32.6 Å². The Balaban J connectivity index is 1.87. The molecule has 1 N–H and O–H groups in total. The van der Waals surface area contributed by atoms with Crippen LogP contribution in [0, 0.1) is 5.92 Å². The van der Waals surface area contributed by atoms with Crippen LogP contribution in [-0.4, -0.2) is 22.4 Å². The number of hydrogen-bond donors (Lipinski definition) is 1. The van der Waals surface area contributed by atoms with E-state index in [-0.39, 0.29) is 0 Å². The van der Waals surface area contributed by atoms with Crippen molar-refractivity contribution in [3.8, 4) is 0 Å². The summed E-state index contributed by atoms with van der Waals surface area (Å²) in [5, 5.41) is 8.12. The van der Waals surface area contributed by atoms with E-state index in [1.807, 2.05) is 10.9 Å². The van der Waals surface area contributed by atoms with Crippen LogP contribution in [-0.2, 0) is 13.0 Å². The van der Waals surface area contributed by atoms with E-state index >= 15 is 0 Å². The van der Waals surface area contributed by atoms with Gasteiger partial charge in [-0.05, 0) is 44.2 Å². The number of aromatic nitrogens is 2. The van der Waals surface area contributed by atoms with Crippen LogP contribution in [0.2, 0.25) is 0 Å². The Labute approximate surface area is 117 Å². The Kier molecular flexibility index (Phi) is 5.90. The van der Waals surface area contributed by atoms with Crippen molar-refractivity contribution >= 4 is 0 Å². The minimum atomic E-state index is 0.637. The second-order valence-corrected chi connectivity index (χ2v) is 5.95. The molecule has 0 spiro atoms. The van der Waals surface area contributed by atoms with E-state index in [0.717, 1.165) is 25.4 Å². The zero-order chi connectivity index (χ0) is 13.5. The molecule has 1 heterocycles. The van der Waals surface area contributed by atoms with Gasteiger partial charge in [-0.3, -0.25) is 4.68 Å². The number of hydrogen-bond acceptors (Lipinski definition) is 2. The summed E-state index contributed by atoms with van der Waals surface area (Å²) in [6.07, 6.45) is 13.7. The molecule has 1 fully saturated rings. The molecule has 1 aliphatic rings. The third-order valence-corrected chi connectivity index (χ3v) is 4.27. The van der Waals surface area contributed by atoms with Gasteiger partial charge in [0.1, 0.15) is 0 Å². The quantitative estimate of drug-likeness (QED) is 0.779. The maximum Gasteiger partial charge on any atom is 0.0522 e. The summed E-state index contributed by atoms with van der Waals surface area (Å²) in [6, 6.07) is 0.637. The fourth-order valence-electron chi connectivity index (χ4n) is 3.20. The summed E-state index contributed by atoms with van der Waals surface area (Å²) in [6.45, 7) is 6.49. The molecule has 1 unspecified atom stereocenters. The van der Waals surface area contributed by atoms with Crippen LogP contribution in [0.5, 0.6) is 0 Å². The first-order valence-electron chi connectivity index (χ1n) is 8.06. The van der Waals surface area contributed by atoms with E-state index in [0.29, 0.717) is 6.04 Å². The van der Waals surface area contributed by atoms with Crippen LogP contribution in [0.15, 0.2) is 12.4 Å². The predicted octanol–water partition coefficient (Wildman–Crippen LogP) is 3.39. The van der Waals surface area contributed by atoms with Crippen LogP contribution < -0.4 is 5.32 Å². The summed E-state index contributed by atoms with van der Waals surface area (Å²) in [7, 11) is 0. The van der Waals surface area contributed by atoms with Crippen molar-refractivity contribution in [1.29, 1.82) is 0 Å². The fraction of sp³-hybridized carbons (Fsp3) is 0.812. The van der Waals surface area contributed by atoms with E-state index in [9.17, 15) is 0 Å². The second-order valence-electron chi connectivity index (χ2n) is 5.95. The standard InChI is InChI=1S/C16H29N3/c1-3-9-17-16(10-14-7-5-6-8-14)11-15-12-18-19(4-2)13-15/h12-14,16-17H,3-11H2,1-2H3. The lowest BCUT2D eigenvalue weighted by molar-refractivity contribution is 0.385. The molecule has 0 amide bonds. The van der Waals surface area contributed by atoms with E-state index in [1.54, 1.807) is 0 Å². The maximum absolute atomic E-state index is 4.39. The normalized spacial score (nSPS) is 18.0. The van der Waals surface area contributed by atoms with Crippen molar-refractivity contribution in [1.82, 2.24) is 15.1 Å². The monoisotopic (exact) mass is 263 g/mol. The predicted molar refractivity (Wildman–Crippen MR) is 80.3 cm³/mol. The number of aryl methyl sites for hydroxylation is 1. The van der Waals surface area contributed by atoms with Crippen LogP contribution in [0.25, 0.3) is 0 Å². The molecule has 1 aromatic rings. The zero-order valence-electron chi connectivity index (χ0n) is 12.6. The summed E-state index contributed by atoms with van der Waals surface area (Å²) >= 11 is 0. The van der Waals surface area contributed by atoms with Crippen molar-refractivity contribution in [2.45, 2.75) is 71.4 Å². The Morgan fingerprint density at radius 2 is 2.16 bits per heavy atom. The molecule has 19 heavy (non-hydrogen) atoms. The lowest BCUT2D eigenvalue weighted by Crippen LogP contribution is -2.33. The highest BCUT2D eigenvalue weighted by Crippen LogP contribution is 2.29. The van der Waals surface area contributed by atoms with Crippen LogP contribution in [0.3, 0.4) is 0 Å². The van der Waals surface area contributed by atoms with Gasteiger partial charge in [0.05, 0.1) is 6.20 Å². The van der Waals surface area contributed by atoms with Gasteiger partial charge in [0.2, 0.25) is 0 Å². The number of nitrogens with zero attached hydrogens (tertiary/aromatic N) is 2. The third-order valence-electron chi connectivity index (χ3n) is 4.27. The molecular weight excluding hydrogens is 234 g/mol. The SMILES string of the molecule is CCCNC(Cc1cnn(CC)c1)CC1CCCC1. The first-order valence-corrected chi connectivity index (χ1v) is 8.06. The van der Waals surface area contributed by atoms with E-state index < -0.39 is 0 Å². The molecule has 3 heteroatoms. The van der Waals surface area contributed by atoms with Crippen LogP contribution >= 0.6 is 0 Å². The number of nitrogens with one attached hydrogen (secondary N) is 1. The van der Waals surface area contributed by atoms with Crippen molar-refractivity contribution < 1.29 is 0 Å². The van der Waals surface area contributed by atoms with E-state index in [4.69, 9.17) is 0 Å². The van der Waals surface area contributed by atoms with Gasteiger partial charge in [0, 0.05) is 18.8 Å². The first kappa shape index (κ1) is 14.6. The molecule has 0 bridgehead atoms. The van der Waals surface area contributed by atoms with Gasteiger partial charge in [-0.2, -0.15) is 5.10 Å². The second kappa shape index (κ2) is 7.68. The van der Waals surface area contributed by atoms with Gasteiger partial charge in [0.25, 0.3) is 0 Å². The molecule has 1 saturated carbocycles.